The highest BCUT2D eigenvalue weighted by Crippen LogP contribution is 2.36. The van der Waals surface area contributed by atoms with Crippen LogP contribution in [-0.4, -0.2) is 96.9 Å². The second-order valence-corrected chi connectivity index (χ2v) is 13.9. The van der Waals surface area contributed by atoms with Crippen molar-refractivity contribution in [2.45, 2.75) is 111 Å². The number of ketones is 2. The van der Waals surface area contributed by atoms with Crippen LogP contribution in [0, 0.1) is 5.92 Å². The van der Waals surface area contributed by atoms with E-state index in [1.807, 2.05) is 36.7 Å². The summed E-state index contributed by atoms with van der Waals surface area (Å²) in [6.07, 6.45) is 16.5. The average Bonchev–Trinajstić information content (AvgIpc) is 3.91. The highest BCUT2D eigenvalue weighted by atomic mass is 16.5. The number of carbonyl (C=O) groups excluding carboxylic acids is 2. The molecule has 9 nitrogen and oxygen atoms in total. The number of benzene rings is 1. The van der Waals surface area contributed by atoms with E-state index in [0.29, 0.717) is 42.7 Å². The Morgan fingerprint density at radius 1 is 0.981 bits per heavy atom. The predicted octanol–water partition coefficient (Wildman–Crippen LogP) is 7.27. The number of ether oxygens (including phenoxy) is 1. The number of aromatic nitrogens is 4. The molecule has 1 atom stereocenters. The zero-order chi connectivity index (χ0) is 39.1. The van der Waals surface area contributed by atoms with Gasteiger partial charge in [0.1, 0.15) is 11.5 Å². The maximum Gasteiger partial charge on any atom is 0.154 e. The van der Waals surface area contributed by atoms with Crippen molar-refractivity contribution in [1.29, 1.82) is 0 Å². The van der Waals surface area contributed by atoms with Gasteiger partial charge < -0.3 is 9.64 Å². The summed E-state index contributed by atoms with van der Waals surface area (Å²) >= 11 is 0. The number of likely N-dealkylation sites (tertiary alicyclic amines) is 1. The summed E-state index contributed by atoms with van der Waals surface area (Å²) in [6, 6.07) is 9.97. The summed E-state index contributed by atoms with van der Waals surface area (Å²) in [5.74, 6) is 2.23. The number of carbonyl (C=O) groups is 2. The van der Waals surface area contributed by atoms with Crippen LogP contribution >= 0.6 is 0 Å². The molecule has 11 heteroatoms. The van der Waals surface area contributed by atoms with Gasteiger partial charge in [0.2, 0.25) is 0 Å². The molecular formula is C42H60B2N6O3. The second-order valence-electron chi connectivity index (χ2n) is 13.9. The number of Topliss-reactive ketones (excluding diaryl/α,β-unsaturated/α-hetero) is 2. The number of aryl methyl sites for hydroxylation is 1. The summed E-state index contributed by atoms with van der Waals surface area (Å²) in [5.41, 5.74) is 6.24. The highest BCUT2D eigenvalue weighted by molar-refractivity contribution is 6.39. The van der Waals surface area contributed by atoms with Crippen LogP contribution < -0.4 is 4.74 Å². The van der Waals surface area contributed by atoms with Crippen LogP contribution in [0.15, 0.2) is 72.2 Å². The number of para-hydroxylation sites is 1. The van der Waals surface area contributed by atoms with Gasteiger partial charge in [-0.3, -0.25) is 19.2 Å². The number of hydrogen-bond donors (Lipinski definition) is 0. The first kappa shape index (κ1) is 43.6. The second kappa shape index (κ2) is 21.2. The standard InChI is InChI=1S/C20H21B2N5O.C13H21NO.C7H12O.C2H6/c1-3-14-6-4-7-17(19(14)28-2)15-10-24-27(11-15)16-12-26(13-16)20(21,22)18-8-5-9-23-25-18;1-5-6-12(15)13-11(3)9-10(2)7-8-14(13)4;1-2-3-7(8)6-4-5-6;1-2/h4-11,16H,3,12-13H2,1-2H3;7,9,13H,5-6,8H2,1-4H3;6H,2-5H2,1H3;1-2H3. The number of rotatable bonds is 12. The largest absolute Gasteiger partial charge is 0.496 e. The highest BCUT2D eigenvalue weighted by Gasteiger charge is 2.39. The lowest BCUT2D eigenvalue weighted by molar-refractivity contribution is -0.122. The topological polar surface area (TPSA) is 93.5 Å². The van der Waals surface area contributed by atoms with E-state index >= 15 is 0 Å². The van der Waals surface area contributed by atoms with E-state index in [1.54, 1.807) is 25.4 Å². The molecule has 2 aliphatic heterocycles. The SMILES string of the molecule is CC.CCCC(=O)C1C(C)=CC(C)=CCN1C.CCCC(=O)C1CC1.[B]C([B])(c1cccnn1)N1CC(n2cc(-c3cccc(CC)c3OC)cn2)C1. The van der Waals surface area contributed by atoms with Crippen molar-refractivity contribution in [3.8, 4) is 16.9 Å². The Morgan fingerprint density at radius 2 is 1.66 bits per heavy atom. The molecule has 1 saturated heterocycles. The maximum atomic E-state index is 12.0. The van der Waals surface area contributed by atoms with E-state index in [-0.39, 0.29) is 12.1 Å². The third-order valence-corrected chi connectivity index (χ3v) is 9.70. The maximum absolute atomic E-state index is 12.0. The summed E-state index contributed by atoms with van der Waals surface area (Å²) in [7, 11) is 16.3. The van der Waals surface area contributed by atoms with Crippen LogP contribution in [0.5, 0.6) is 5.75 Å². The molecule has 1 aliphatic carbocycles. The van der Waals surface area contributed by atoms with Gasteiger partial charge in [-0.05, 0) is 81.6 Å². The smallest absolute Gasteiger partial charge is 0.154 e. The fourth-order valence-electron chi connectivity index (χ4n) is 6.59. The molecule has 6 rings (SSSR count). The summed E-state index contributed by atoms with van der Waals surface area (Å²) in [5, 5.41) is 11.3. The van der Waals surface area contributed by atoms with E-state index in [0.717, 1.165) is 49.1 Å². The van der Waals surface area contributed by atoms with Crippen molar-refractivity contribution in [1.82, 2.24) is 29.8 Å². The van der Waals surface area contributed by atoms with Gasteiger partial charge in [-0.15, -0.1) is 0 Å². The van der Waals surface area contributed by atoms with Crippen LogP contribution in [0.25, 0.3) is 11.1 Å². The Morgan fingerprint density at radius 3 is 2.25 bits per heavy atom. The van der Waals surface area contributed by atoms with Crippen molar-refractivity contribution < 1.29 is 14.3 Å². The van der Waals surface area contributed by atoms with Crippen LogP contribution in [0.1, 0.15) is 104 Å². The molecule has 53 heavy (non-hydrogen) atoms. The lowest BCUT2D eigenvalue weighted by atomic mass is 9.57. The molecule has 0 bridgehead atoms. The monoisotopic (exact) mass is 718 g/mol. The quantitative estimate of drug-likeness (QED) is 0.181. The molecule has 1 aromatic carbocycles. The van der Waals surface area contributed by atoms with Gasteiger partial charge in [0.15, 0.2) is 5.78 Å². The lowest BCUT2D eigenvalue weighted by Gasteiger charge is -2.49. The molecule has 282 valence electrons. The molecule has 3 aliphatic rings. The molecule has 0 amide bonds. The molecule has 4 radical (unpaired) electrons. The third kappa shape index (κ3) is 11.8. The first-order valence-corrected chi connectivity index (χ1v) is 19.4. The van der Waals surface area contributed by atoms with Gasteiger partial charge in [0.25, 0.3) is 0 Å². The van der Waals surface area contributed by atoms with Gasteiger partial charge in [-0.25, -0.2) is 0 Å². The zero-order valence-corrected chi connectivity index (χ0v) is 33.6. The molecular weight excluding hydrogens is 658 g/mol. The number of methoxy groups -OCH3 is 1. The first-order valence-electron chi connectivity index (χ1n) is 19.4. The van der Waals surface area contributed by atoms with E-state index < -0.39 is 5.34 Å². The van der Waals surface area contributed by atoms with Crippen molar-refractivity contribution in [2.75, 3.05) is 33.8 Å². The third-order valence-electron chi connectivity index (χ3n) is 9.70. The molecule has 1 saturated carbocycles. The molecule has 2 fully saturated rings. The molecule has 2 aromatic heterocycles. The Labute approximate surface area is 321 Å². The van der Waals surface area contributed by atoms with Gasteiger partial charge >= 0.3 is 0 Å². The fourth-order valence-corrected chi connectivity index (χ4v) is 6.59. The van der Waals surface area contributed by atoms with Crippen molar-refractivity contribution in [2.24, 2.45) is 5.92 Å². The number of allylic oxidation sites excluding steroid dienone is 2. The Balaban J connectivity index is 0.000000252. The number of likely N-dealkylation sites (N-methyl/N-ethyl adjacent to an activating group) is 1. The predicted molar refractivity (Wildman–Crippen MR) is 217 cm³/mol. The Kier molecular flexibility index (Phi) is 17.4. The van der Waals surface area contributed by atoms with Gasteiger partial charge in [-0.2, -0.15) is 15.3 Å². The summed E-state index contributed by atoms with van der Waals surface area (Å²) in [4.78, 5) is 26.9. The van der Waals surface area contributed by atoms with E-state index in [4.69, 9.17) is 20.4 Å². The van der Waals surface area contributed by atoms with Crippen LogP contribution in [0.2, 0.25) is 0 Å². The summed E-state index contributed by atoms with van der Waals surface area (Å²) in [6.45, 7) is 16.6. The van der Waals surface area contributed by atoms with Gasteiger partial charge in [0, 0.05) is 61.9 Å². The molecule has 0 N–H and O–H groups in total. The molecule has 4 heterocycles. The molecule has 1 unspecified atom stereocenters. The fraction of sp³-hybridized carbons (Fsp3) is 0.548. The molecule has 0 spiro atoms. The zero-order valence-electron chi connectivity index (χ0n) is 33.6. The van der Waals surface area contributed by atoms with Crippen LogP contribution in [0.4, 0.5) is 0 Å². The molecule has 3 aromatic rings. The van der Waals surface area contributed by atoms with Crippen molar-refractivity contribution in [3.63, 3.8) is 0 Å². The minimum Gasteiger partial charge on any atom is -0.496 e. The van der Waals surface area contributed by atoms with E-state index in [1.165, 1.54) is 29.6 Å². The number of hydrogen-bond acceptors (Lipinski definition) is 8. The minimum atomic E-state index is -1.14. The van der Waals surface area contributed by atoms with Crippen molar-refractivity contribution >= 4 is 27.3 Å². The average molecular weight is 719 g/mol. The Bertz CT molecular complexity index is 1660. The van der Waals surface area contributed by atoms with Crippen LogP contribution in [-0.2, 0) is 21.3 Å². The normalized spacial score (nSPS) is 17.6. The lowest BCUT2D eigenvalue weighted by Crippen LogP contribution is -2.59. The van der Waals surface area contributed by atoms with Crippen molar-refractivity contribution in [3.05, 3.63) is 83.5 Å². The van der Waals surface area contributed by atoms with Gasteiger partial charge in [0.05, 0.1) is 46.8 Å². The van der Waals surface area contributed by atoms with Crippen LogP contribution in [0.3, 0.4) is 0 Å². The Hall–Kier alpha value is -3.82. The summed E-state index contributed by atoms with van der Waals surface area (Å²) < 4.78 is 7.62. The van der Waals surface area contributed by atoms with E-state index in [9.17, 15) is 9.59 Å². The first-order chi connectivity index (χ1) is 25.4. The minimum absolute atomic E-state index is 0.0151. The number of nitrogens with zero attached hydrogens (tertiary/aromatic N) is 6. The van der Waals surface area contributed by atoms with E-state index in [2.05, 4.69) is 91.4 Å². The van der Waals surface area contributed by atoms with Gasteiger partial charge in [-0.1, -0.05) is 70.5 Å².